The largest absolute Gasteiger partial charge is 0.327 e. The Morgan fingerprint density at radius 3 is 2.62 bits per heavy atom. The van der Waals surface area contributed by atoms with E-state index in [0.29, 0.717) is 6.04 Å². The topological polar surface area (TPSA) is 29.3 Å². The monoisotopic (exact) mass is 184 g/mol. The third-order valence-corrected chi connectivity index (χ3v) is 2.90. The lowest BCUT2D eigenvalue weighted by atomic mass is 9.89. The first-order valence-electron chi connectivity index (χ1n) is 5.52. The number of piperidine rings is 1. The molecule has 1 rings (SSSR count). The molecule has 1 saturated heterocycles. The number of likely N-dealkylation sites (tertiary alicyclic amines) is 1. The van der Waals surface area contributed by atoms with Gasteiger partial charge in [-0.2, -0.15) is 0 Å². The van der Waals surface area contributed by atoms with Gasteiger partial charge in [-0.3, -0.25) is 0 Å². The van der Waals surface area contributed by atoms with E-state index in [1.54, 1.807) is 0 Å². The van der Waals surface area contributed by atoms with Crippen molar-refractivity contribution < 1.29 is 0 Å². The Hall–Kier alpha value is -0.0800. The molecule has 0 bridgehead atoms. The van der Waals surface area contributed by atoms with E-state index in [4.69, 9.17) is 5.73 Å². The number of nitrogens with zero attached hydrogens (tertiary/aromatic N) is 1. The molecule has 2 N–H and O–H groups in total. The molecule has 0 aromatic heterocycles. The van der Waals surface area contributed by atoms with Gasteiger partial charge in [-0.15, -0.1) is 0 Å². The second-order valence-electron chi connectivity index (χ2n) is 5.05. The van der Waals surface area contributed by atoms with Gasteiger partial charge >= 0.3 is 0 Å². The summed E-state index contributed by atoms with van der Waals surface area (Å²) in [6.45, 7) is 6.93. The van der Waals surface area contributed by atoms with E-state index < -0.39 is 0 Å². The Kier molecular flexibility index (Phi) is 4.20. The van der Waals surface area contributed by atoms with Gasteiger partial charge in [-0.1, -0.05) is 20.3 Å². The SMILES string of the molecule is CC(C)CCC1CC(N)CN(C)C1. The van der Waals surface area contributed by atoms with Gasteiger partial charge in [-0.25, -0.2) is 0 Å². The number of rotatable bonds is 3. The van der Waals surface area contributed by atoms with Crippen LogP contribution in [0, 0.1) is 11.8 Å². The second kappa shape index (κ2) is 4.97. The molecule has 0 aromatic rings. The summed E-state index contributed by atoms with van der Waals surface area (Å²) in [4.78, 5) is 2.37. The predicted molar refractivity (Wildman–Crippen MR) is 57.7 cm³/mol. The van der Waals surface area contributed by atoms with Crippen molar-refractivity contribution in [3.8, 4) is 0 Å². The van der Waals surface area contributed by atoms with Gasteiger partial charge in [0.15, 0.2) is 0 Å². The minimum absolute atomic E-state index is 0.413. The minimum Gasteiger partial charge on any atom is -0.327 e. The molecule has 13 heavy (non-hydrogen) atoms. The smallest absolute Gasteiger partial charge is 0.0170 e. The van der Waals surface area contributed by atoms with Crippen molar-refractivity contribution in [1.29, 1.82) is 0 Å². The maximum absolute atomic E-state index is 5.98. The highest BCUT2D eigenvalue weighted by Crippen LogP contribution is 2.21. The zero-order chi connectivity index (χ0) is 9.84. The minimum atomic E-state index is 0.413. The van der Waals surface area contributed by atoms with Crippen LogP contribution in [0.5, 0.6) is 0 Å². The molecule has 1 aliphatic rings. The summed E-state index contributed by atoms with van der Waals surface area (Å²) in [6.07, 6.45) is 3.94. The van der Waals surface area contributed by atoms with E-state index in [-0.39, 0.29) is 0 Å². The van der Waals surface area contributed by atoms with Crippen LogP contribution < -0.4 is 5.73 Å². The first-order valence-corrected chi connectivity index (χ1v) is 5.52. The number of hydrogen-bond donors (Lipinski definition) is 1. The van der Waals surface area contributed by atoms with Crippen molar-refractivity contribution in [2.24, 2.45) is 17.6 Å². The summed E-state index contributed by atoms with van der Waals surface area (Å²) in [7, 11) is 2.18. The van der Waals surface area contributed by atoms with Crippen molar-refractivity contribution in [2.75, 3.05) is 20.1 Å². The number of nitrogens with two attached hydrogens (primary N) is 1. The molecule has 1 aliphatic heterocycles. The Labute approximate surface area is 82.5 Å². The third-order valence-electron chi connectivity index (χ3n) is 2.90. The lowest BCUT2D eigenvalue weighted by molar-refractivity contribution is 0.176. The lowest BCUT2D eigenvalue weighted by Gasteiger charge is -2.34. The zero-order valence-corrected chi connectivity index (χ0v) is 9.29. The molecule has 2 heteroatoms. The van der Waals surface area contributed by atoms with Crippen LogP contribution in [0.3, 0.4) is 0 Å². The fourth-order valence-corrected chi connectivity index (χ4v) is 2.27. The van der Waals surface area contributed by atoms with E-state index in [2.05, 4.69) is 25.8 Å². The molecule has 0 radical (unpaired) electrons. The number of likely N-dealkylation sites (N-methyl/N-ethyl adjacent to an activating group) is 1. The molecule has 0 aliphatic carbocycles. The van der Waals surface area contributed by atoms with Gasteiger partial charge in [0.2, 0.25) is 0 Å². The Bertz CT molecular complexity index is 135. The lowest BCUT2D eigenvalue weighted by Crippen LogP contribution is -2.45. The standard InChI is InChI=1S/C11H24N2/c1-9(2)4-5-10-6-11(12)8-13(3)7-10/h9-11H,4-8,12H2,1-3H3. The predicted octanol–water partition coefficient (Wildman–Crippen LogP) is 1.70. The highest BCUT2D eigenvalue weighted by molar-refractivity contribution is 4.79. The van der Waals surface area contributed by atoms with E-state index in [9.17, 15) is 0 Å². The van der Waals surface area contributed by atoms with Gasteiger partial charge in [0, 0.05) is 19.1 Å². The first-order chi connectivity index (χ1) is 6.08. The normalized spacial score (nSPS) is 31.2. The third kappa shape index (κ3) is 4.10. The summed E-state index contributed by atoms with van der Waals surface area (Å²) >= 11 is 0. The van der Waals surface area contributed by atoms with Gasteiger partial charge in [0.05, 0.1) is 0 Å². The second-order valence-corrected chi connectivity index (χ2v) is 5.05. The Morgan fingerprint density at radius 1 is 1.38 bits per heavy atom. The molecule has 2 unspecified atom stereocenters. The summed E-state index contributed by atoms with van der Waals surface area (Å²) in [6, 6.07) is 0.413. The van der Waals surface area contributed by atoms with Crippen LogP contribution in [-0.4, -0.2) is 31.1 Å². The summed E-state index contributed by atoms with van der Waals surface area (Å²) in [5.41, 5.74) is 5.98. The molecule has 78 valence electrons. The van der Waals surface area contributed by atoms with Crippen molar-refractivity contribution in [3.05, 3.63) is 0 Å². The molecule has 0 amide bonds. The summed E-state index contributed by atoms with van der Waals surface area (Å²) in [5.74, 6) is 1.68. The van der Waals surface area contributed by atoms with E-state index >= 15 is 0 Å². The van der Waals surface area contributed by atoms with Gasteiger partial charge in [0.1, 0.15) is 0 Å². The zero-order valence-electron chi connectivity index (χ0n) is 9.29. The average molecular weight is 184 g/mol. The van der Waals surface area contributed by atoms with Crippen LogP contribution in [0.2, 0.25) is 0 Å². The van der Waals surface area contributed by atoms with Crippen LogP contribution in [0.4, 0.5) is 0 Å². The van der Waals surface area contributed by atoms with Gasteiger partial charge in [0.25, 0.3) is 0 Å². The van der Waals surface area contributed by atoms with E-state index in [1.165, 1.54) is 25.8 Å². The highest BCUT2D eigenvalue weighted by Gasteiger charge is 2.22. The summed E-state index contributed by atoms with van der Waals surface area (Å²) < 4.78 is 0. The van der Waals surface area contributed by atoms with Crippen molar-refractivity contribution in [1.82, 2.24) is 4.90 Å². The molecule has 0 spiro atoms. The Balaban J connectivity index is 2.25. The maximum atomic E-state index is 5.98. The molecule has 0 aromatic carbocycles. The quantitative estimate of drug-likeness (QED) is 0.723. The average Bonchev–Trinajstić information content (AvgIpc) is 1.99. The maximum Gasteiger partial charge on any atom is 0.0170 e. The van der Waals surface area contributed by atoms with Crippen molar-refractivity contribution >= 4 is 0 Å². The summed E-state index contributed by atoms with van der Waals surface area (Å²) in [5, 5.41) is 0. The van der Waals surface area contributed by atoms with Crippen molar-refractivity contribution in [3.63, 3.8) is 0 Å². The molecule has 0 saturated carbocycles. The number of hydrogen-bond acceptors (Lipinski definition) is 2. The van der Waals surface area contributed by atoms with Crippen molar-refractivity contribution in [2.45, 2.75) is 39.2 Å². The van der Waals surface area contributed by atoms with Gasteiger partial charge in [-0.05, 0) is 31.7 Å². The van der Waals surface area contributed by atoms with Crippen LogP contribution in [-0.2, 0) is 0 Å². The van der Waals surface area contributed by atoms with Crippen LogP contribution in [0.1, 0.15) is 33.1 Å². The molecular weight excluding hydrogens is 160 g/mol. The van der Waals surface area contributed by atoms with Gasteiger partial charge < -0.3 is 10.6 Å². The van der Waals surface area contributed by atoms with E-state index in [0.717, 1.165) is 18.4 Å². The van der Waals surface area contributed by atoms with Crippen LogP contribution in [0.25, 0.3) is 0 Å². The fourth-order valence-electron chi connectivity index (χ4n) is 2.27. The Morgan fingerprint density at radius 2 is 2.08 bits per heavy atom. The molecular formula is C11H24N2. The first kappa shape index (κ1) is 11.0. The van der Waals surface area contributed by atoms with E-state index in [1.807, 2.05) is 0 Å². The molecule has 1 heterocycles. The molecule has 2 atom stereocenters. The molecule has 2 nitrogen and oxygen atoms in total. The van der Waals surface area contributed by atoms with Crippen LogP contribution in [0.15, 0.2) is 0 Å². The molecule has 1 fully saturated rings. The fraction of sp³-hybridized carbons (Fsp3) is 1.00. The highest BCUT2D eigenvalue weighted by atomic mass is 15.1. The van der Waals surface area contributed by atoms with Crippen LogP contribution >= 0.6 is 0 Å².